The van der Waals surface area contributed by atoms with Crippen LogP contribution in [0.4, 0.5) is 5.69 Å². The fraction of sp³-hybridized carbons (Fsp3) is 0.0833. The molecular formula is C12H12N2O3S. The predicted molar refractivity (Wildman–Crippen MR) is 68.0 cm³/mol. The zero-order chi connectivity index (χ0) is 13.0. The Bertz CT molecular complexity index is 610. The van der Waals surface area contributed by atoms with E-state index in [1.165, 1.54) is 12.3 Å². The highest BCUT2D eigenvalue weighted by Crippen LogP contribution is 2.18. The van der Waals surface area contributed by atoms with Gasteiger partial charge in [0.15, 0.2) is 5.03 Å². The van der Waals surface area contributed by atoms with E-state index in [0.717, 1.165) is 0 Å². The second-order valence-electron chi connectivity index (χ2n) is 3.50. The van der Waals surface area contributed by atoms with Crippen molar-refractivity contribution >= 4 is 15.7 Å². The number of sulfonamides is 1. The van der Waals surface area contributed by atoms with E-state index in [-0.39, 0.29) is 5.03 Å². The first-order chi connectivity index (χ1) is 8.62. The molecule has 94 valence electrons. The van der Waals surface area contributed by atoms with Crippen LogP contribution in [0.1, 0.15) is 0 Å². The van der Waals surface area contributed by atoms with E-state index in [1.807, 2.05) is 0 Å². The lowest BCUT2D eigenvalue weighted by Gasteiger charge is -2.07. The number of benzene rings is 1. The zero-order valence-electron chi connectivity index (χ0n) is 9.70. The second-order valence-corrected chi connectivity index (χ2v) is 5.13. The van der Waals surface area contributed by atoms with Crippen LogP contribution in [0, 0.1) is 0 Å². The summed E-state index contributed by atoms with van der Waals surface area (Å²) in [6.45, 7) is 0. The summed E-state index contributed by atoms with van der Waals surface area (Å²) in [6.07, 6.45) is 1.43. The lowest BCUT2D eigenvalue weighted by molar-refractivity contribution is 0.415. The van der Waals surface area contributed by atoms with Crippen molar-refractivity contribution in [1.82, 2.24) is 4.98 Å². The molecule has 1 aromatic heterocycles. The molecule has 0 saturated heterocycles. The van der Waals surface area contributed by atoms with Crippen molar-refractivity contribution in [2.45, 2.75) is 5.03 Å². The number of nitrogens with one attached hydrogen (secondary N) is 1. The van der Waals surface area contributed by atoms with Gasteiger partial charge in [-0.2, -0.15) is 8.42 Å². The van der Waals surface area contributed by atoms with Crippen LogP contribution in [0.3, 0.4) is 0 Å². The van der Waals surface area contributed by atoms with Crippen molar-refractivity contribution in [2.75, 3.05) is 11.8 Å². The van der Waals surface area contributed by atoms with E-state index >= 15 is 0 Å². The second kappa shape index (κ2) is 5.05. The van der Waals surface area contributed by atoms with E-state index in [0.29, 0.717) is 11.4 Å². The fourth-order valence-corrected chi connectivity index (χ4v) is 2.38. The molecule has 2 aromatic rings. The zero-order valence-corrected chi connectivity index (χ0v) is 10.5. The number of anilines is 1. The summed E-state index contributed by atoms with van der Waals surface area (Å²) in [4.78, 5) is 3.81. The summed E-state index contributed by atoms with van der Waals surface area (Å²) in [5.41, 5.74) is 0.460. The monoisotopic (exact) mass is 264 g/mol. The number of pyridine rings is 1. The van der Waals surface area contributed by atoms with Crippen molar-refractivity contribution in [3.8, 4) is 5.75 Å². The minimum absolute atomic E-state index is 0.0131. The molecule has 18 heavy (non-hydrogen) atoms. The van der Waals surface area contributed by atoms with Crippen LogP contribution in [0.15, 0.2) is 53.7 Å². The maximum absolute atomic E-state index is 12.0. The standard InChI is InChI=1S/C12H12N2O3S/c1-17-11-7-5-10(6-8-11)14-18(15,16)12-4-2-3-9-13-12/h2-9,14H,1H3. The number of hydrogen-bond acceptors (Lipinski definition) is 4. The Morgan fingerprint density at radius 1 is 1.11 bits per heavy atom. The van der Waals surface area contributed by atoms with E-state index in [1.54, 1.807) is 43.5 Å². The summed E-state index contributed by atoms with van der Waals surface area (Å²) in [7, 11) is -2.09. The maximum atomic E-state index is 12.0. The molecule has 0 spiro atoms. The van der Waals surface area contributed by atoms with Crippen LogP contribution >= 0.6 is 0 Å². The number of ether oxygens (including phenoxy) is 1. The van der Waals surface area contributed by atoms with Crippen LogP contribution in [0.2, 0.25) is 0 Å². The quantitative estimate of drug-likeness (QED) is 0.915. The summed E-state index contributed by atoms with van der Waals surface area (Å²) < 4.78 is 31.3. The number of hydrogen-bond donors (Lipinski definition) is 1. The van der Waals surface area contributed by atoms with E-state index in [2.05, 4.69) is 9.71 Å². The fourth-order valence-electron chi connectivity index (χ4n) is 1.37. The Kier molecular flexibility index (Phi) is 3.47. The Hall–Kier alpha value is -2.08. The van der Waals surface area contributed by atoms with Gasteiger partial charge in [0.2, 0.25) is 0 Å². The first kappa shape index (κ1) is 12.4. The molecule has 0 aliphatic carbocycles. The number of methoxy groups -OCH3 is 1. The first-order valence-corrected chi connectivity index (χ1v) is 6.68. The molecule has 0 fully saturated rings. The molecule has 0 bridgehead atoms. The maximum Gasteiger partial charge on any atom is 0.279 e. The molecule has 0 radical (unpaired) electrons. The molecule has 1 aromatic carbocycles. The number of rotatable bonds is 4. The van der Waals surface area contributed by atoms with E-state index in [4.69, 9.17) is 4.74 Å². The molecule has 1 N–H and O–H groups in total. The summed E-state index contributed by atoms with van der Waals surface area (Å²) in [5.74, 6) is 0.663. The minimum Gasteiger partial charge on any atom is -0.497 e. The van der Waals surface area contributed by atoms with Gasteiger partial charge in [-0.05, 0) is 36.4 Å². The molecular weight excluding hydrogens is 252 g/mol. The Morgan fingerprint density at radius 2 is 1.83 bits per heavy atom. The highest BCUT2D eigenvalue weighted by Gasteiger charge is 2.14. The smallest absolute Gasteiger partial charge is 0.279 e. The van der Waals surface area contributed by atoms with E-state index in [9.17, 15) is 8.42 Å². The van der Waals surface area contributed by atoms with Crippen LogP contribution in [-0.2, 0) is 10.0 Å². The third kappa shape index (κ3) is 2.78. The highest BCUT2D eigenvalue weighted by molar-refractivity contribution is 7.92. The van der Waals surface area contributed by atoms with Gasteiger partial charge in [-0.3, -0.25) is 4.72 Å². The van der Waals surface area contributed by atoms with Gasteiger partial charge < -0.3 is 4.74 Å². The van der Waals surface area contributed by atoms with Gasteiger partial charge in [0, 0.05) is 11.9 Å². The summed E-state index contributed by atoms with van der Waals surface area (Å²) in [5, 5.41) is -0.0131. The topological polar surface area (TPSA) is 68.3 Å². The number of aromatic nitrogens is 1. The Labute approximate surface area is 105 Å². The van der Waals surface area contributed by atoms with Gasteiger partial charge >= 0.3 is 0 Å². The molecule has 0 amide bonds. The van der Waals surface area contributed by atoms with Gasteiger partial charge in [0.05, 0.1) is 7.11 Å². The average molecular weight is 264 g/mol. The highest BCUT2D eigenvalue weighted by atomic mass is 32.2. The van der Waals surface area contributed by atoms with Crippen LogP contribution in [0.25, 0.3) is 0 Å². The SMILES string of the molecule is COc1ccc(NS(=O)(=O)c2ccccn2)cc1. The third-order valence-corrected chi connectivity index (χ3v) is 3.55. The van der Waals surface area contributed by atoms with Crippen LogP contribution < -0.4 is 9.46 Å². The molecule has 0 aliphatic rings. The summed E-state index contributed by atoms with van der Waals surface area (Å²) >= 11 is 0. The van der Waals surface area contributed by atoms with Crippen LogP contribution in [-0.4, -0.2) is 20.5 Å². The molecule has 6 heteroatoms. The Balaban J connectivity index is 2.22. The van der Waals surface area contributed by atoms with Crippen molar-refractivity contribution in [3.05, 3.63) is 48.7 Å². The van der Waals surface area contributed by atoms with Crippen molar-refractivity contribution in [3.63, 3.8) is 0 Å². The lowest BCUT2D eigenvalue weighted by Crippen LogP contribution is -2.14. The van der Waals surface area contributed by atoms with Crippen molar-refractivity contribution in [2.24, 2.45) is 0 Å². The molecule has 0 aliphatic heterocycles. The van der Waals surface area contributed by atoms with Gasteiger partial charge in [-0.1, -0.05) is 6.07 Å². The average Bonchev–Trinajstić information content (AvgIpc) is 2.40. The van der Waals surface area contributed by atoms with Crippen molar-refractivity contribution in [1.29, 1.82) is 0 Å². The van der Waals surface area contributed by atoms with Gasteiger partial charge in [0.25, 0.3) is 10.0 Å². The third-order valence-electron chi connectivity index (χ3n) is 2.26. The summed E-state index contributed by atoms with van der Waals surface area (Å²) in [6, 6.07) is 11.3. The van der Waals surface area contributed by atoms with Gasteiger partial charge in [-0.15, -0.1) is 0 Å². The predicted octanol–water partition coefficient (Wildman–Crippen LogP) is 1.89. The van der Waals surface area contributed by atoms with Gasteiger partial charge in [-0.25, -0.2) is 4.98 Å². The number of nitrogens with zero attached hydrogens (tertiary/aromatic N) is 1. The van der Waals surface area contributed by atoms with Crippen LogP contribution in [0.5, 0.6) is 5.75 Å². The lowest BCUT2D eigenvalue weighted by atomic mass is 10.3. The largest absolute Gasteiger partial charge is 0.497 e. The molecule has 1 heterocycles. The van der Waals surface area contributed by atoms with Gasteiger partial charge in [0.1, 0.15) is 5.75 Å². The normalized spacial score (nSPS) is 10.9. The molecule has 0 atom stereocenters. The first-order valence-electron chi connectivity index (χ1n) is 5.20. The van der Waals surface area contributed by atoms with Crippen molar-refractivity contribution < 1.29 is 13.2 Å². The minimum atomic E-state index is -3.63. The molecule has 2 rings (SSSR count). The molecule has 0 saturated carbocycles. The molecule has 5 nitrogen and oxygen atoms in total. The van der Waals surface area contributed by atoms with E-state index < -0.39 is 10.0 Å². The Morgan fingerprint density at radius 3 is 2.39 bits per heavy atom. The molecule has 0 unspecified atom stereocenters.